The maximum atomic E-state index is 14.4. The summed E-state index contributed by atoms with van der Waals surface area (Å²) in [7, 11) is 0. The topological polar surface area (TPSA) is 91.0 Å². The Hall–Kier alpha value is -3.12. The SMILES string of the molecule is Cc1cc(-c2ncc(-c3cc(Cl)ccc3F)c3c(N)c(N)oc23)ccn1. The van der Waals surface area contributed by atoms with Crippen LogP contribution in [0.5, 0.6) is 0 Å². The number of rotatable bonds is 2. The molecule has 0 aliphatic heterocycles. The van der Waals surface area contributed by atoms with Gasteiger partial charge in [0.05, 0.1) is 5.39 Å². The Morgan fingerprint density at radius 2 is 1.88 bits per heavy atom. The molecule has 0 aliphatic carbocycles. The second-order valence-electron chi connectivity index (χ2n) is 5.91. The Morgan fingerprint density at radius 3 is 2.65 bits per heavy atom. The summed E-state index contributed by atoms with van der Waals surface area (Å²) < 4.78 is 20.1. The summed E-state index contributed by atoms with van der Waals surface area (Å²) in [5.74, 6) is -0.382. The first kappa shape index (κ1) is 16.4. The van der Waals surface area contributed by atoms with Crippen LogP contribution in [0.4, 0.5) is 16.0 Å². The van der Waals surface area contributed by atoms with Crippen molar-refractivity contribution in [3.05, 3.63) is 59.3 Å². The van der Waals surface area contributed by atoms with Crippen LogP contribution in [-0.2, 0) is 0 Å². The highest BCUT2D eigenvalue weighted by molar-refractivity contribution is 6.31. The molecule has 0 unspecified atom stereocenters. The van der Waals surface area contributed by atoms with Crippen LogP contribution in [0.25, 0.3) is 33.4 Å². The highest BCUT2D eigenvalue weighted by Gasteiger charge is 2.21. The van der Waals surface area contributed by atoms with Gasteiger partial charge in [0.25, 0.3) is 0 Å². The van der Waals surface area contributed by atoms with E-state index in [0.717, 1.165) is 11.3 Å². The number of aromatic nitrogens is 2. The van der Waals surface area contributed by atoms with E-state index >= 15 is 0 Å². The minimum Gasteiger partial charge on any atom is -0.436 e. The summed E-state index contributed by atoms with van der Waals surface area (Å²) >= 11 is 6.03. The normalized spacial score (nSPS) is 11.2. The zero-order chi connectivity index (χ0) is 18.4. The molecule has 26 heavy (non-hydrogen) atoms. The van der Waals surface area contributed by atoms with E-state index in [1.807, 2.05) is 19.1 Å². The molecular formula is C19H14ClFN4O. The molecule has 4 rings (SSSR count). The van der Waals surface area contributed by atoms with Crippen molar-refractivity contribution in [2.75, 3.05) is 11.5 Å². The van der Waals surface area contributed by atoms with E-state index in [-0.39, 0.29) is 17.1 Å². The molecule has 0 spiro atoms. The molecule has 130 valence electrons. The second kappa shape index (κ2) is 6.00. The lowest BCUT2D eigenvalue weighted by molar-refractivity contribution is 0.631. The van der Waals surface area contributed by atoms with Gasteiger partial charge in [-0.1, -0.05) is 11.6 Å². The Bertz CT molecular complexity index is 1160. The highest BCUT2D eigenvalue weighted by atomic mass is 35.5. The van der Waals surface area contributed by atoms with Crippen LogP contribution in [0.15, 0.2) is 47.1 Å². The molecule has 0 radical (unpaired) electrons. The zero-order valence-electron chi connectivity index (χ0n) is 13.8. The molecule has 1 aromatic carbocycles. The van der Waals surface area contributed by atoms with Crippen molar-refractivity contribution < 1.29 is 8.81 Å². The summed E-state index contributed by atoms with van der Waals surface area (Å²) in [6.07, 6.45) is 3.23. The standard InChI is InChI=1S/C19H14ClFN4O/c1-9-6-10(4-5-24-9)17-18-15(16(22)19(23)26-18)13(8-25-17)12-7-11(20)2-3-14(12)21/h2-8H,22-23H2,1H3. The van der Waals surface area contributed by atoms with Crippen molar-refractivity contribution in [2.45, 2.75) is 6.92 Å². The molecular weight excluding hydrogens is 355 g/mol. The molecule has 0 aliphatic rings. The number of benzene rings is 1. The molecule has 0 atom stereocenters. The lowest BCUT2D eigenvalue weighted by Gasteiger charge is -2.09. The van der Waals surface area contributed by atoms with Gasteiger partial charge in [-0.05, 0) is 37.3 Å². The summed E-state index contributed by atoms with van der Waals surface area (Å²) in [5, 5.41) is 0.904. The zero-order valence-corrected chi connectivity index (χ0v) is 14.5. The van der Waals surface area contributed by atoms with Crippen LogP contribution >= 0.6 is 11.6 Å². The number of furan rings is 1. The average molecular weight is 369 g/mol. The number of hydrogen-bond donors (Lipinski definition) is 2. The van der Waals surface area contributed by atoms with Crippen molar-refractivity contribution in [3.8, 4) is 22.4 Å². The number of nitrogen functional groups attached to an aromatic ring is 2. The van der Waals surface area contributed by atoms with E-state index in [2.05, 4.69) is 9.97 Å². The molecule has 0 saturated carbocycles. The fourth-order valence-corrected chi connectivity index (χ4v) is 3.13. The molecule has 4 aromatic rings. The third-order valence-corrected chi connectivity index (χ3v) is 4.40. The Labute approximate surface area is 153 Å². The van der Waals surface area contributed by atoms with E-state index in [9.17, 15) is 4.39 Å². The molecule has 0 saturated heterocycles. The first-order valence-corrected chi connectivity index (χ1v) is 8.18. The first-order chi connectivity index (χ1) is 12.5. The Morgan fingerprint density at radius 1 is 1.08 bits per heavy atom. The van der Waals surface area contributed by atoms with Gasteiger partial charge in [0.15, 0.2) is 5.58 Å². The maximum Gasteiger partial charge on any atom is 0.215 e. The molecule has 3 heterocycles. The smallest absolute Gasteiger partial charge is 0.215 e. The number of pyridine rings is 2. The number of anilines is 2. The predicted molar refractivity (Wildman–Crippen MR) is 101 cm³/mol. The number of halogens is 2. The van der Waals surface area contributed by atoms with Crippen LogP contribution in [0.1, 0.15) is 5.69 Å². The van der Waals surface area contributed by atoms with Crippen molar-refractivity contribution in [1.82, 2.24) is 9.97 Å². The van der Waals surface area contributed by atoms with Gasteiger partial charge in [-0.15, -0.1) is 0 Å². The van der Waals surface area contributed by atoms with Gasteiger partial charge < -0.3 is 15.9 Å². The summed E-state index contributed by atoms with van der Waals surface area (Å²) in [6, 6.07) is 7.97. The molecule has 7 heteroatoms. The summed E-state index contributed by atoms with van der Waals surface area (Å²) in [4.78, 5) is 8.66. The van der Waals surface area contributed by atoms with Crippen LogP contribution in [-0.4, -0.2) is 9.97 Å². The lowest BCUT2D eigenvalue weighted by Crippen LogP contribution is -1.94. The summed E-state index contributed by atoms with van der Waals surface area (Å²) in [5.41, 5.74) is 15.6. The van der Waals surface area contributed by atoms with Gasteiger partial charge in [0, 0.05) is 39.8 Å². The first-order valence-electron chi connectivity index (χ1n) is 7.80. The quantitative estimate of drug-likeness (QED) is 0.529. The largest absolute Gasteiger partial charge is 0.436 e. The van der Waals surface area contributed by atoms with Gasteiger partial charge in [0.1, 0.15) is 17.2 Å². The van der Waals surface area contributed by atoms with Gasteiger partial charge in [-0.25, -0.2) is 4.39 Å². The highest BCUT2D eigenvalue weighted by Crippen LogP contribution is 2.42. The van der Waals surface area contributed by atoms with Crippen molar-refractivity contribution in [1.29, 1.82) is 0 Å². The van der Waals surface area contributed by atoms with Gasteiger partial charge in [0.2, 0.25) is 5.88 Å². The summed E-state index contributed by atoms with van der Waals surface area (Å²) in [6.45, 7) is 1.88. The van der Waals surface area contributed by atoms with Crippen LogP contribution in [0.2, 0.25) is 5.02 Å². The van der Waals surface area contributed by atoms with Crippen molar-refractivity contribution >= 4 is 34.1 Å². The van der Waals surface area contributed by atoms with Crippen molar-refractivity contribution in [2.24, 2.45) is 0 Å². The van der Waals surface area contributed by atoms with E-state index in [4.69, 9.17) is 27.5 Å². The fraction of sp³-hybridized carbons (Fsp3) is 0.0526. The maximum absolute atomic E-state index is 14.4. The average Bonchev–Trinajstić information content (AvgIpc) is 2.92. The molecule has 3 aromatic heterocycles. The molecule has 0 fully saturated rings. The predicted octanol–water partition coefficient (Wildman–Crippen LogP) is 4.82. The van der Waals surface area contributed by atoms with E-state index in [0.29, 0.717) is 27.2 Å². The minimum absolute atomic E-state index is 0.0590. The van der Waals surface area contributed by atoms with E-state index in [1.54, 1.807) is 12.4 Å². The van der Waals surface area contributed by atoms with E-state index < -0.39 is 5.82 Å². The van der Waals surface area contributed by atoms with Crippen LogP contribution < -0.4 is 11.5 Å². The monoisotopic (exact) mass is 368 g/mol. The Balaban J connectivity index is 2.06. The van der Waals surface area contributed by atoms with Gasteiger partial charge in [-0.3, -0.25) is 9.97 Å². The van der Waals surface area contributed by atoms with Crippen LogP contribution in [0.3, 0.4) is 0 Å². The van der Waals surface area contributed by atoms with Gasteiger partial charge >= 0.3 is 0 Å². The number of aryl methyl sites for hydroxylation is 1. The molecule has 4 N–H and O–H groups in total. The molecule has 0 bridgehead atoms. The second-order valence-corrected chi connectivity index (χ2v) is 6.35. The van der Waals surface area contributed by atoms with Crippen LogP contribution in [0, 0.1) is 12.7 Å². The number of nitrogens with two attached hydrogens (primary N) is 2. The number of nitrogens with zero attached hydrogens (tertiary/aromatic N) is 2. The fourth-order valence-electron chi connectivity index (χ4n) is 2.95. The lowest BCUT2D eigenvalue weighted by atomic mass is 10.00. The number of fused-ring (bicyclic) bond motifs is 1. The Kier molecular flexibility index (Phi) is 3.77. The minimum atomic E-state index is -0.441. The molecule has 0 amide bonds. The molecule has 5 nitrogen and oxygen atoms in total. The van der Waals surface area contributed by atoms with E-state index in [1.165, 1.54) is 18.2 Å². The third-order valence-electron chi connectivity index (χ3n) is 4.17. The van der Waals surface area contributed by atoms with Gasteiger partial charge in [-0.2, -0.15) is 0 Å². The third kappa shape index (κ3) is 2.55. The van der Waals surface area contributed by atoms with Crippen molar-refractivity contribution in [3.63, 3.8) is 0 Å². The number of hydrogen-bond acceptors (Lipinski definition) is 5.